The molecule has 3 N–H and O–H groups in total. The van der Waals surface area contributed by atoms with E-state index in [0.717, 1.165) is 18.2 Å². The largest absolute Gasteiger partial charge is 0.459 e. The number of hydrogen-bond acceptors (Lipinski definition) is 4. The van der Waals surface area contributed by atoms with Gasteiger partial charge in [0.05, 0.1) is 17.4 Å². The SMILES string of the molecule is CC(C)CCCCCC(C)CNc1cc(N)ccc1C(=O)OC(C)C.Cl. The Morgan fingerprint density at radius 1 is 1.08 bits per heavy atom. The molecule has 1 aromatic rings. The molecule has 0 amide bonds. The first-order chi connectivity index (χ1) is 11.8. The summed E-state index contributed by atoms with van der Waals surface area (Å²) in [5, 5.41) is 3.39. The highest BCUT2D eigenvalue weighted by Crippen LogP contribution is 2.22. The van der Waals surface area contributed by atoms with E-state index >= 15 is 0 Å². The maximum atomic E-state index is 12.2. The van der Waals surface area contributed by atoms with Gasteiger partial charge in [0.15, 0.2) is 0 Å². The van der Waals surface area contributed by atoms with Crippen LogP contribution >= 0.6 is 12.4 Å². The molecule has 0 aliphatic carbocycles. The number of halogens is 1. The number of anilines is 2. The highest BCUT2D eigenvalue weighted by molar-refractivity contribution is 5.96. The number of ether oxygens (including phenoxy) is 1. The van der Waals surface area contributed by atoms with Crippen LogP contribution < -0.4 is 11.1 Å². The highest BCUT2D eigenvalue weighted by Gasteiger charge is 2.15. The molecule has 1 unspecified atom stereocenters. The molecule has 0 bridgehead atoms. The van der Waals surface area contributed by atoms with E-state index in [-0.39, 0.29) is 24.5 Å². The minimum absolute atomic E-state index is 0. The van der Waals surface area contributed by atoms with Crippen molar-refractivity contribution in [3.63, 3.8) is 0 Å². The number of benzene rings is 1. The zero-order valence-corrected chi connectivity index (χ0v) is 17.8. The van der Waals surface area contributed by atoms with Crippen LogP contribution in [0.1, 0.15) is 77.1 Å². The topological polar surface area (TPSA) is 64.3 Å². The molecular weight excluding hydrogens is 348 g/mol. The van der Waals surface area contributed by atoms with Crippen LogP contribution in [0.15, 0.2) is 18.2 Å². The zero-order valence-electron chi connectivity index (χ0n) is 17.0. The van der Waals surface area contributed by atoms with Crippen LogP contribution in [0, 0.1) is 11.8 Å². The summed E-state index contributed by atoms with van der Waals surface area (Å²) in [5.41, 5.74) is 7.83. The molecule has 4 nitrogen and oxygen atoms in total. The van der Waals surface area contributed by atoms with E-state index in [1.54, 1.807) is 12.1 Å². The first kappa shape index (κ1) is 24.6. The van der Waals surface area contributed by atoms with E-state index in [9.17, 15) is 4.79 Å². The molecule has 0 fully saturated rings. The third-order valence-electron chi connectivity index (χ3n) is 4.23. The number of nitrogen functional groups attached to an aromatic ring is 1. The lowest BCUT2D eigenvalue weighted by Gasteiger charge is -2.17. The van der Waals surface area contributed by atoms with Gasteiger partial charge in [0.25, 0.3) is 0 Å². The van der Waals surface area contributed by atoms with E-state index in [0.29, 0.717) is 17.2 Å². The van der Waals surface area contributed by atoms with Gasteiger partial charge in [-0.25, -0.2) is 4.79 Å². The first-order valence-corrected chi connectivity index (χ1v) is 9.64. The maximum absolute atomic E-state index is 12.2. The molecule has 0 saturated carbocycles. The highest BCUT2D eigenvalue weighted by atomic mass is 35.5. The Kier molecular flexibility index (Phi) is 12.2. The average molecular weight is 385 g/mol. The van der Waals surface area contributed by atoms with Crippen LogP contribution in [0.2, 0.25) is 0 Å². The van der Waals surface area contributed by atoms with Gasteiger partial charge < -0.3 is 15.8 Å². The van der Waals surface area contributed by atoms with Crippen molar-refractivity contribution >= 4 is 29.8 Å². The van der Waals surface area contributed by atoms with Crippen molar-refractivity contribution in [2.24, 2.45) is 11.8 Å². The maximum Gasteiger partial charge on any atom is 0.340 e. The summed E-state index contributed by atoms with van der Waals surface area (Å²) < 4.78 is 5.31. The van der Waals surface area contributed by atoms with Crippen molar-refractivity contribution in [1.29, 1.82) is 0 Å². The van der Waals surface area contributed by atoms with Gasteiger partial charge in [0.1, 0.15) is 0 Å². The Bertz CT molecular complexity index is 533. The van der Waals surface area contributed by atoms with E-state index in [1.807, 2.05) is 19.9 Å². The molecule has 0 radical (unpaired) electrons. The molecule has 5 heteroatoms. The fraction of sp³-hybridized carbons (Fsp3) is 0.667. The minimum atomic E-state index is -0.307. The lowest BCUT2D eigenvalue weighted by Crippen LogP contribution is -2.17. The monoisotopic (exact) mass is 384 g/mol. The van der Waals surface area contributed by atoms with Crippen molar-refractivity contribution in [2.75, 3.05) is 17.6 Å². The normalized spacial score (nSPS) is 12.0. The Labute approximate surface area is 165 Å². The van der Waals surface area contributed by atoms with Gasteiger partial charge in [-0.1, -0.05) is 46.5 Å². The second-order valence-corrected chi connectivity index (χ2v) is 7.78. The van der Waals surface area contributed by atoms with E-state index in [2.05, 4.69) is 26.1 Å². The van der Waals surface area contributed by atoms with Crippen molar-refractivity contribution in [3.05, 3.63) is 23.8 Å². The summed E-state index contributed by atoms with van der Waals surface area (Å²) in [6.45, 7) is 11.3. The van der Waals surface area contributed by atoms with Crippen molar-refractivity contribution in [1.82, 2.24) is 0 Å². The Morgan fingerprint density at radius 2 is 1.73 bits per heavy atom. The second kappa shape index (κ2) is 12.9. The van der Waals surface area contributed by atoms with Crippen LogP contribution in [0.25, 0.3) is 0 Å². The number of unbranched alkanes of at least 4 members (excludes halogenated alkanes) is 2. The molecule has 1 rings (SSSR count). The fourth-order valence-corrected chi connectivity index (χ4v) is 2.77. The molecule has 1 atom stereocenters. The van der Waals surface area contributed by atoms with E-state index in [1.165, 1.54) is 32.1 Å². The summed E-state index contributed by atoms with van der Waals surface area (Å²) in [6, 6.07) is 5.28. The Morgan fingerprint density at radius 3 is 2.35 bits per heavy atom. The smallest absolute Gasteiger partial charge is 0.340 e. The van der Waals surface area contributed by atoms with Gasteiger partial charge >= 0.3 is 5.97 Å². The predicted molar refractivity (Wildman–Crippen MR) is 114 cm³/mol. The van der Waals surface area contributed by atoms with Crippen LogP contribution in [-0.4, -0.2) is 18.6 Å². The molecule has 0 saturated heterocycles. The lowest BCUT2D eigenvalue weighted by atomic mass is 10.00. The summed E-state index contributed by atoms with van der Waals surface area (Å²) in [4.78, 5) is 12.2. The third kappa shape index (κ3) is 9.91. The molecule has 0 aliphatic heterocycles. The summed E-state index contributed by atoms with van der Waals surface area (Å²) in [5.74, 6) is 1.04. The third-order valence-corrected chi connectivity index (χ3v) is 4.23. The lowest BCUT2D eigenvalue weighted by molar-refractivity contribution is 0.0379. The summed E-state index contributed by atoms with van der Waals surface area (Å²) in [7, 11) is 0. The number of esters is 1. The number of hydrogen-bond donors (Lipinski definition) is 2. The number of nitrogens with two attached hydrogens (primary N) is 1. The number of carbonyl (C=O) groups is 1. The van der Waals surface area contributed by atoms with Crippen LogP contribution in [0.3, 0.4) is 0 Å². The second-order valence-electron chi connectivity index (χ2n) is 7.78. The van der Waals surface area contributed by atoms with Gasteiger partial charge in [-0.15, -0.1) is 12.4 Å². The minimum Gasteiger partial charge on any atom is -0.459 e. The number of rotatable bonds is 11. The van der Waals surface area contributed by atoms with Crippen molar-refractivity contribution in [2.45, 2.75) is 72.8 Å². The molecule has 150 valence electrons. The molecule has 26 heavy (non-hydrogen) atoms. The van der Waals surface area contributed by atoms with Crippen LogP contribution in [0.4, 0.5) is 11.4 Å². The van der Waals surface area contributed by atoms with Gasteiger partial charge in [-0.05, 0) is 50.3 Å². The van der Waals surface area contributed by atoms with Gasteiger partial charge in [0.2, 0.25) is 0 Å². The van der Waals surface area contributed by atoms with Gasteiger partial charge in [-0.3, -0.25) is 0 Å². The standard InChI is InChI=1S/C21H36N2O2.ClH/c1-15(2)9-7-6-8-10-17(5)14-23-20-13-18(22)11-12-19(20)21(24)25-16(3)4;/h11-13,15-17,23H,6-10,14,22H2,1-5H3;1H. The molecule has 0 aliphatic rings. The van der Waals surface area contributed by atoms with Crippen LogP contribution in [-0.2, 0) is 4.74 Å². The molecule has 1 aromatic carbocycles. The van der Waals surface area contributed by atoms with Crippen molar-refractivity contribution in [3.8, 4) is 0 Å². The van der Waals surface area contributed by atoms with Crippen LogP contribution in [0.5, 0.6) is 0 Å². The molecule has 0 spiro atoms. The summed E-state index contributed by atoms with van der Waals surface area (Å²) in [6.07, 6.45) is 6.25. The summed E-state index contributed by atoms with van der Waals surface area (Å²) >= 11 is 0. The van der Waals surface area contributed by atoms with Gasteiger partial charge in [0, 0.05) is 12.2 Å². The Hall–Kier alpha value is -1.42. The van der Waals surface area contributed by atoms with E-state index in [4.69, 9.17) is 10.5 Å². The van der Waals surface area contributed by atoms with Crippen molar-refractivity contribution < 1.29 is 9.53 Å². The van der Waals surface area contributed by atoms with E-state index < -0.39 is 0 Å². The fourth-order valence-electron chi connectivity index (χ4n) is 2.77. The quantitative estimate of drug-likeness (QED) is 0.282. The van der Waals surface area contributed by atoms with Gasteiger partial charge in [-0.2, -0.15) is 0 Å². The number of nitrogens with one attached hydrogen (secondary N) is 1. The average Bonchev–Trinajstić information content (AvgIpc) is 2.51. The molecular formula is C21H37ClN2O2. The number of carbonyl (C=O) groups excluding carboxylic acids is 1. The first-order valence-electron chi connectivity index (χ1n) is 9.64. The molecule has 0 heterocycles. The molecule has 0 aromatic heterocycles. The predicted octanol–water partition coefficient (Wildman–Crippen LogP) is 5.91. The Balaban J connectivity index is 0.00000625. The zero-order chi connectivity index (χ0) is 18.8.